The van der Waals surface area contributed by atoms with E-state index >= 15 is 0 Å². The van der Waals surface area contributed by atoms with Crippen molar-refractivity contribution in [2.45, 2.75) is 25.4 Å². The number of hydrogen-bond acceptors (Lipinski definition) is 5. The normalized spacial score (nSPS) is 16.8. The molecule has 0 spiro atoms. The number of aromatic nitrogens is 2. The van der Waals surface area contributed by atoms with Gasteiger partial charge in [-0.2, -0.15) is 0 Å². The fourth-order valence-corrected chi connectivity index (χ4v) is 3.95. The van der Waals surface area contributed by atoms with E-state index in [1.54, 1.807) is 6.20 Å². The van der Waals surface area contributed by atoms with E-state index < -0.39 is 0 Å². The van der Waals surface area contributed by atoms with Crippen molar-refractivity contribution in [1.82, 2.24) is 20.2 Å². The lowest BCUT2D eigenvalue weighted by Gasteiger charge is -2.36. The summed E-state index contributed by atoms with van der Waals surface area (Å²) in [5, 5.41) is 3.09. The third kappa shape index (κ3) is 4.75. The summed E-state index contributed by atoms with van der Waals surface area (Å²) >= 11 is 0. The highest BCUT2D eigenvalue weighted by molar-refractivity contribution is 5.99. The number of nitrogens with one attached hydrogen (secondary N) is 1. The summed E-state index contributed by atoms with van der Waals surface area (Å²) in [6, 6.07) is 20.8. The number of carbonyl (C=O) groups is 1. The molecule has 1 aromatic heterocycles. The molecule has 1 amide bonds. The number of anilines is 1. The molecule has 2 fully saturated rings. The van der Waals surface area contributed by atoms with Crippen LogP contribution in [0, 0.1) is 0 Å². The fraction of sp³-hybridized carbons (Fsp3) is 0.320. The Labute approximate surface area is 182 Å². The second-order valence-electron chi connectivity index (χ2n) is 8.29. The molecule has 0 atom stereocenters. The van der Waals surface area contributed by atoms with E-state index in [9.17, 15) is 4.79 Å². The first-order valence-electron chi connectivity index (χ1n) is 11.0. The van der Waals surface area contributed by atoms with Crippen molar-refractivity contribution in [3.05, 3.63) is 78.0 Å². The molecule has 1 aliphatic heterocycles. The molecule has 2 aliphatic rings. The monoisotopic (exact) mass is 413 g/mol. The minimum atomic E-state index is -0.0659. The summed E-state index contributed by atoms with van der Waals surface area (Å²) in [5.41, 5.74) is 2.86. The van der Waals surface area contributed by atoms with Crippen LogP contribution < -0.4 is 10.2 Å². The van der Waals surface area contributed by atoms with Crippen molar-refractivity contribution in [2.24, 2.45) is 0 Å². The summed E-state index contributed by atoms with van der Waals surface area (Å²) < 4.78 is 0. The average molecular weight is 414 g/mol. The lowest BCUT2D eigenvalue weighted by molar-refractivity contribution is 0.0950. The van der Waals surface area contributed by atoms with Crippen molar-refractivity contribution < 1.29 is 4.79 Å². The topological polar surface area (TPSA) is 61.4 Å². The lowest BCUT2D eigenvalue weighted by atomic mass is 10.1. The predicted octanol–water partition coefficient (Wildman–Crippen LogP) is 3.36. The van der Waals surface area contributed by atoms with Crippen molar-refractivity contribution >= 4 is 11.7 Å². The van der Waals surface area contributed by atoms with Crippen molar-refractivity contribution in [3.63, 3.8) is 0 Å². The van der Waals surface area contributed by atoms with Crippen molar-refractivity contribution in [1.29, 1.82) is 0 Å². The Morgan fingerprint density at radius 3 is 2.29 bits per heavy atom. The first-order valence-corrected chi connectivity index (χ1v) is 11.0. The first-order chi connectivity index (χ1) is 15.3. The van der Waals surface area contributed by atoms with Crippen LogP contribution in [0.3, 0.4) is 0 Å². The van der Waals surface area contributed by atoms with Gasteiger partial charge in [-0.1, -0.05) is 60.7 Å². The summed E-state index contributed by atoms with van der Waals surface area (Å²) in [4.78, 5) is 26.9. The van der Waals surface area contributed by atoms with Gasteiger partial charge in [-0.3, -0.25) is 9.69 Å². The maximum atomic E-state index is 12.9. The van der Waals surface area contributed by atoms with Crippen LogP contribution >= 0.6 is 0 Å². The first kappa shape index (κ1) is 19.7. The van der Waals surface area contributed by atoms with Gasteiger partial charge in [0, 0.05) is 50.5 Å². The molecule has 0 unspecified atom stereocenters. The quantitative estimate of drug-likeness (QED) is 0.672. The van der Waals surface area contributed by atoms with Gasteiger partial charge < -0.3 is 10.2 Å². The summed E-state index contributed by atoms with van der Waals surface area (Å²) in [7, 11) is 0. The van der Waals surface area contributed by atoms with Crippen LogP contribution in [0.15, 0.2) is 66.9 Å². The zero-order valence-electron chi connectivity index (χ0n) is 17.6. The molecule has 1 saturated heterocycles. The Balaban J connectivity index is 1.36. The molecular weight excluding hydrogens is 386 g/mol. The van der Waals surface area contributed by atoms with Gasteiger partial charge in [-0.15, -0.1) is 0 Å². The maximum absolute atomic E-state index is 12.9. The number of nitrogens with zero attached hydrogens (tertiary/aromatic N) is 4. The number of hydrogen-bond donors (Lipinski definition) is 1. The maximum Gasteiger partial charge on any atom is 0.256 e. The number of piperazine rings is 1. The van der Waals surface area contributed by atoms with Gasteiger partial charge in [-0.25, -0.2) is 9.97 Å². The molecule has 1 N–H and O–H groups in total. The molecule has 158 valence electrons. The van der Waals surface area contributed by atoms with Crippen LogP contribution in [-0.2, 0) is 6.54 Å². The van der Waals surface area contributed by atoms with Crippen molar-refractivity contribution in [2.75, 3.05) is 31.1 Å². The standard InChI is InChI=1S/C25H27N5O/c31-25(27-21-11-12-21)22-17-26-23(20-9-5-2-6-10-20)28-24(22)30-15-13-29(14-16-30)18-19-7-3-1-4-8-19/h1-10,17,21H,11-16,18H2,(H,27,31). The predicted molar refractivity (Wildman–Crippen MR) is 122 cm³/mol. The van der Waals surface area contributed by atoms with Crippen LogP contribution in [0.4, 0.5) is 5.82 Å². The molecule has 6 nitrogen and oxygen atoms in total. The third-order valence-corrected chi connectivity index (χ3v) is 5.88. The highest BCUT2D eigenvalue weighted by Gasteiger charge is 2.28. The molecule has 2 heterocycles. The Bertz CT molecular complexity index is 1030. The highest BCUT2D eigenvalue weighted by Crippen LogP contribution is 2.26. The van der Waals surface area contributed by atoms with Crippen molar-refractivity contribution in [3.8, 4) is 11.4 Å². The Kier molecular flexibility index (Phi) is 5.63. The summed E-state index contributed by atoms with van der Waals surface area (Å²) in [6.45, 7) is 4.48. The zero-order chi connectivity index (χ0) is 21.0. The molecule has 3 aromatic rings. The van der Waals surface area contributed by atoms with E-state index in [4.69, 9.17) is 4.98 Å². The van der Waals surface area contributed by atoms with E-state index in [2.05, 4.69) is 50.4 Å². The molecule has 1 saturated carbocycles. The van der Waals surface area contributed by atoms with Gasteiger partial charge in [0.15, 0.2) is 5.82 Å². The molecule has 2 aromatic carbocycles. The minimum Gasteiger partial charge on any atom is -0.353 e. The summed E-state index contributed by atoms with van der Waals surface area (Å²) in [5.74, 6) is 1.33. The Hall–Kier alpha value is -3.25. The zero-order valence-corrected chi connectivity index (χ0v) is 17.6. The van der Waals surface area contributed by atoms with E-state index in [1.807, 2.05) is 30.3 Å². The van der Waals surface area contributed by atoms with E-state index in [0.29, 0.717) is 17.4 Å². The lowest BCUT2D eigenvalue weighted by Crippen LogP contribution is -2.47. The third-order valence-electron chi connectivity index (χ3n) is 5.88. The van der Waals surface area contributed by atoms with Gasteiger partial charge in [0.25, 0.3) is 5.91 Å². The summed E-state index contributed by atoms with van der Waals surface area (Å²) in [6.07, 6.45) is 3.81. The largest absolute Gasteiger partial charge is 0.353 e. The van der Waals surface area contributed by atoms with Gasteiger partial charge in [0.05, 0.1) is 0 Å². The van der Waals surface area contributed by atoms with Crippen LogP contribution in [0.2, 0.25) is 0 Å². The SMILES string of the molecule is O=C(NC1CC1)c1cnc(-c2ccccc2)nc1N1CCN(Cc2ccccc2)CC1. The Morgan fingerprint density at radius 1 is 0.935 bits per heavy atom. The smallest absolute Gasteiger partial charge is 0.256 e. The number of rotatable bonds is 6. The van der Waals surface area contributed by atoms with Gasteiger partial charge in [0.1, 0.15) is 11.4 Å². The van der Waals surface area contributed by atoms with Crippen LogP contribution in [0.25, 0.3) is 11.4 Å². The second-order valence-corrected chi connectivity index (χ2v) is 8.29. The van der Waals surface area contributed by atoms with Gasteiger partial charge in [0.2, 0.25) is 0 Å². The molecular formula is C25H27N5O. The van der Waals surface area contributed by atoms with Crippen LogP contribution in [0.5, 0.6) is 0 Å². The van der Waals surface area contributed by atoms with E-state index in [0.717, 1.165) is 56.9 Å². The molecule has 1 aliphatic carbocycles. The number of carbonyl (C=O) groups excluding carboxylic acids is 1. The van der Waals surface area contributed by atoms with Crippen LogP contribution in [0.1, 0.15) is 28.8 Å². The minimum absolute atomic E-state index is 0.0659. The van der Waals surface area contributed by atoms with Gasteiger partial charge >= 0.3 is 0 Å². The van der Waals surface area contributed by atoms with E-state index in [-0.39, 0.29) is 5.91 Å². The molecule has 0 bridgehead atoms. The number of amides is 1. The molecule has 31 heavy (non-hydrogen) atoms. The second kappa shape index (κ2) is 8.86. The molecule has 5 rings (SSSR count). The van der Waals surface area contributed by atoms with E-state index in [1.165, 1.54) is 5.56 Å². The molecule has 0 radical (unpaired) electrons. The van der Waals surface area contributed by atoms with Crippen LogP contribution in [-0.4, -0.2) is 53.0 Å². The number of benzene rings is 2. The highest BCUT2D eigenvalue weighted by atomic mass is 16.1. The Morgan fingerprint density at radius 2 is 1.61 bits per heavy atom. The van der Waals surface area contributed by atoms with Gasteiger partial charge in [-0.05, 0) is 18.4 Å². The molecule has 6 heteroatoms. The average Bonchev–Trinajstić information content (AvgIpc) is 3.64. The fourth-order valence-electron chi connectivity index (χ4n) is 3.95.